The Bertz CT molecular complexity index is 1800. The third kappa shape index (κ3) is 15.4. The van der Waals surface area contributed by atoms with E-state index in [-0.39, 0.29) is 78.8 Å². The summed E-state index contributed by atoms with van der Waals surface area (Å²) in [6.45, 7) is 7.88. The van der Waals surface area contributed by atoms with Gasteiger partial charge in [0.15, 0.2) is 23.0 Å². The highest BCUT2D eigenvalue weighted by molar-refractivity contribution is 9.08. The van der Waals surface area contributed by atoms with Gasteiger partial charge in [-0.05, 0) is 30.2 Å². The van der Waals surface area contributed by atoms with E-state index in [2.05, 4.69) is 26.0 Å². The lowest BCUT2D eigenvalue weighted by atomic mass is 9.84. The number of alkyl halides is 1. The first-order valence-corrected chi connectivity index (χ1v) is 20.7. The Hall–Kier alpha value is -4.37. The van der Waals surface area contributed by atoms with E-state index in [0.29, 0.717) is 43.7 Å². The molecule has 2 aromatic carbocycles. The van der Waals surface area contributed by atoms with Crippen molar-refractivity contribution in [2.75, 3.05) is 67.0 Å². The quantitative estimate of drug-likeness (QED) is 0.0216. The van der Waals surface area contributed by atoms with Crippen LogP contribution >= 0.6 is 15.9 Å². The maximum absolute atomic E-state index is 13.5. The lowest BCUT2D eigenvalue weighted by Gasteiger charge is -2.43. The highest BCUT2D eigenvalue weighted by Gasteiger charge is 2.45. The van der Waals surface area contributed by atoms with Crippen molar-refractivity contribution in [3.8, 4) is 28.7 Å². The molecule has 0 bridgehead atoms. The number of rotatable bonds is 26. The van der Waals surface area contributed by atoms with Crippen LogP contribution in [-0.4, -0.2) is 112 Å². The number of esters is 2. The normalized spacial score (nSPS) is 19.0. The molecule has 1 aliphatic rings. The Balaban J connectivity index is 1.79. The molecule has 58 heavy (non-hydrogen) atoms. The molecule has 1 heterocycles. The fourth-order valence-electron chi connectivity index (χ4n) is 5.63. The van der Waals surface area contributed by atoms with E-state index in [1.807, 2.05) is 6.92 Å². The molecule has 3 rings (SSSR count). The van der Waals surface area contributed by atoms with Crippen LogP contribution in [0, 0.1) is 11.8 Å². The Labute approximate surface area is 345 Å². The van der Waals surface area contributed by atoms with Crippen molar-refractivity contribution in [3.05, 3.63) is 51.9 Å². The van der Waals surface area contributed by atoms with Crippen molar-refractivity contribution in [1.82, 2.24) is 0 Å². The Kier molecular flexibility index (Phi) is 20.3. The summed E-state index contributed by atoms with van der Waals surface area (Å²) in [6.07, 6.45) is -2.41. The second kappa shape index (κ2) is 24.5. The molecule has 21 heteroatoms. The van der Waals surface area contributed by atoms with Gasteiger partial charge in [0.1, 0.15) is 30.3 Å². The SMILES string of the molecule is COc1cc(OS(=O)(=O)Oc2cc(C(=O)CCCOCCOCCOCCN=[N+]=[N-])ccc2OC2O[C@H](COC(C)=O)[C@H](OC(C)=O)[C@H](C)[C@H]2C)cc(OC)c1CBr. The number of nitrogens with zero attached hydrogens (tertiary/aromatic N) is 3. The van der Waals surface area contributed by atoms with E-state index in [1.54, 1.807) is 6.92 Å². The second-order valence-electron chi connectivity index (χ2n) is 12.8. The van der Waals surface area contributed by atoms with Crippen molar-refractivity contribution in [2.45, 2.75) is 64.4 Å². The second-order valence-corrected chi connectivity index (χ2v) is 14.5. The Morgan fingerprint density at radius 3 is 2.07 bits per heavy atom. The standard InChI is InChI=1S/C37H50BrN3O16S/c1-23-24(2)37(55-35(22-52-25(3)42)36(23)53-26(4)43)54-31-10-9-27(30(44)8-7-12-49-14-16-51-17-15-50-13-11-40-41-39)18-34(31)57-58(45,46)56-28-19-32(47-5)29(21-38)33(20-28)48-6/h9-10,18-20,23-24,35-37H,7-8,11-17,21-22H2,1-6H3/t23-,24-,35-,36-,37?/m1/s1. The van der Waals surface area contributed by atoms with Crippen LogP contribution < -0.4 is 22.6 Å². The number of Topliss-reactive ketones (excluding diaryl/α,β-unsaturated/α-hetero) is 1. The molecule has 2 aromatic rings. The van der Waals surface area contributed by atoms with Gasteiger partial charge < -0.3 is 51.0 Å². The number of hydrogen-bond acceptors (Lipinski definition) is 17. The molecule has 5 atom stereocenters. The summed E-state index contributed by atoms with van der Waals surface area (Å²) in [5, 5.41) is 3.71. The minimum Gasteiger partial charge on any atom is -0.496 e. The number of ether oxygens (including phenoxy) is 9. The van der Waals surface area contributed by atoms with Crippen LogP contribution in [0.1, 0.15) is 56.5 Å². The first-order chi connectivity index (χ1) is 27.7. The van der Waals surface area contributed by atoms with E-state index < -0.39 is 46.8 Å². The van der Waals surface area contributed by atoms with Gasteiger partial charge in [0.2, 0.25) is 6.29 Å². The molecule has 0 N–H and O–H groups in total. The zero-order valence-corrected chi connectivity index (χ0v) is 35.6. The Morgan fingerprint density at radius 1 is 0.845 bits per heavy atom. The van der Waals surface area contributed by atoms with Gasteiger partial charge in [0, 0.05) is 78.8 Å². The molecule has 0 aromatic heterocycles. The summed E-state index contributed by atoms with van der Waals surface area (Å²) in [7, 11) is -2.10. The van der Waals surface area contributed by atoms with E-state index in [0.717, 1.165) is 0 Å². The lowest BCUT2D eigenvalue weighted by molar-refractivity contribution is -0.248. The third-order valence-corrected chi connectivity index (χ3v) is 10.00. The fraction of sp³-hybridized carbons (Fsp3) is 0.595. The molecule has 0 spiro atoms. The monoisotopic (exact) mass is 903 g/mol. The Morgan fingerprint density at radius 2 is 1.48 bits per heavy atom. The van der Waals surface area contributed by atoms with E-state index >= 15 is 0 Å². The summed E-state index contributed by atoms with van der Waals surface area (Å²) < 4.78 is 87.8. The van der Waals surface area contributed by atoms with Crippen LogP contribution in [0.25, 0.3) is 10.4 Å². The molecular weight excluding hydrogens is 854 g/mol. The van der Waals surface area contributed by atoms with E-state index in [1.165, 1.54) is 58.4 Å². The maximum atomic E-state index is 13.5. The number of carbonyl (C=O) groups excluding carboxylic acids is 3. The number of azide groups is 1. The number of hydrogen-bond donors (Lipinski definition) is 0. The first-order valence-electron chi connectivity index (χ1n) is 18.2. The fourth-order valence-corrected chi connectivity index (χ4v) is 6.90. The molecule has 1 aliphatic heterocycles. The number of benzene rings is 2. The smallest absolute Gasteiger partial charge is 0.496 e. The highest BCUT2D eigenvalue weighted by atomic mass is 79.9. The first kappa shape index (κ1) is 48.0. The molecule has 0 saturated carbocycles. The molecule has 1 fully saturated rings. The summed E-state index contributed by atoms with van der Waals surface area (Å²) in [4.78, 5) is 39.5. The maximum Gasteiger partial charge on any atom is 0.501 e. The van der Waals surface area contributed by atoms with Crippen molar-refractivity contribution >= 4 is 44.1 Å². The van der Waals surface area contributed by atoms with Gasteiger partial charge in [-0.25, -0.2) is 0 Å². The predicted octanol–water partition coefficient (Wildman–Crippen LogP) is 5.50. The minimum atomic E-state index is -4.91. The van der Waals surface area contributed by atoms with Crippen molar-refractivity contribution < 1.29 is 73.8 Å². The van der Waals surface area contributed by atoms with E-state index in [4.69, 9.17) is 56.5 Å². The predicted molar refractivity (Wildman–Crippen MR) is 209 cm³/mol. The summed E-state index contributed by atoms with van der Waals surface area (Å²) in [6, 6.07) is 6.72. The number of methoxy groups -OCH3 is 2. The van der Waals surface area contributed by atoms with Gasteiger partial charge >= 0.3 is 22.3 Å². The van der Waals surface area contributed by atoms with Gasteiger partial charge in [0.25, 0.3) is 0 Å². The van der Waals surface area contributed by atoms with E-state index in [9.17, 15) is 22.8 Å². The van der Waals surface area contributed by atoms with Crippen LogP contribution in [-0.2, 0) is 53.7 Å². The molecule has 322 valence electrons. The highest BCUT2D eigenvalue weighted by Crippen LogP contribution is 2.39. The van der Waals surface area contributed by atoms with Gasteiger partial charge in [-0.2, -0.15) is 0 Å². The van der Waals surface area contributed by atoms with Crippen LogP contribution in [0.5, 0.6) is 28.7 Å². The van der Waals surface area contributed by atoms with Crippen LogP contribution in [0.3, 0.4) is 0 Å². The number of carbonyl (C=O) groups is 3. The molecule has 0 aliphatic carbocycles. The largest absolute Gasteiger partial charge is 0.501 e. The van der Waals surface area contributed by atoms with Crippen molar-refractivity contribution in [3.63, 3.8) is 0 Å². The molecule has 1 saturated heterocycles. The molecule has 0 amide bonds. The van der Waals surface area contributed by atoms with Gasteiger partial charge in [-0.1, -0.05) is 34.9 Å². The van der Waals surface area contributed by atoms with Crippen LogP contribution in [0.2, 0.25) is 0 Å². The van der Waals surface area contributed by atoms with Crippen molar-refractivity contribution in [2.24, 2.45) is 17.0 Å². The minimum absolute atomic E-state index is 0.0535. The number of halogens is 1. The summed E-state index contributed by atoms with van der Waals surface area (Å²) in [5.41, 5.74) is 8.97. The molecular formula is C37H50BrN3O16S. The lowest BCUT2D eigenvalue weighted by Crippen LogP contribution is -2.54. The summed E-state index contributed by atoms with van der Waals surface area (Å²) >= 11 is 3.36. The topological polar surface area (TPSA) is 236 Å². The third-order valence-electron chi connectivity index (χ3n) is 8.65. The number of ketones is 1. The van der Waals surface area contributed by atoms with Crippen LogP contribution in [0.15, 0.2) is 35.4 Å². The average molecular weight is 905 g/mol. The molecule has 19 nitrogen and oxygen atoms in total. The average Bonchev–Trinajstić information content (AvgIpc) is 3.18. The van der Waals surface area contributed by atoms with Gasteiger partial charge in [-0.15, -0.1) is 8.42 Å². The molecule has 1 unspecified atom stereocenters. The van der Waals surface area contributed by atoms with Crippen molar-refractivity contribution in [1.29, 1.82) is 0 Å². The molecule has 0 radical (unpaired) electrons. The van der Waals surface area contributed by atoms with Gasteiger partial charge in [-0.3, -0.25) is 14.4 Å². The van der Waals surface area contributed by atoms with Crippen LogP contribution in [0.4, 0.5) is 0 Å². The zero-order valence-electron chi connectivity index (χ0n) is 33.2. The zero-order chi connectivity index (χ0) is 42.7. The summed E-state index contributed by atoms with van der Waals surface area (Å²) in [5.74, 6) is -2.44. The van der Waals surface area contributed by atoms with Gasteiger partial charge in [0.05, 0.1) is 47.3 Å².